The third kappa shape index (κ3) is 3.46. The molecule has 0 saturated carbocycles. The maximum atomic E-state index is 12.4. The van der Waals surface area contributed by atoms with E-state index in [-0.39, 0.29) is 11.9 Å². The molecule has 3 N–H and O–H groups in total. The second-order valence-electron chi connectivity index (χ2n) is 4.81. The zero-order chi connectivity index (χ0) is 16.2. The molecule has 0 saturated heterocycles. The summed E-state index contributed by atoms with van der Waals surface area (Å²) in [5.74, 6) is -0.322. The van der Waals surface area contributed by atoms with Crippen molar-refractivity contribution in [2.45, 2.75) is 0 Å². The van der Waals surface area contributed by atoms with Crippen LogP contribution in [0.25, 0.3) is 10.9 Å². The summed E-state index contributed by atoms with van der Waals surface area (Å²) in [6, 6.07) is 15.9. The Hall–Kier alpha value is -2.92. The van der Waals surface area contributed by atoms with Gasteiger partial charge in [0.25, 0.3) is 5.91 Å². The number of nitrogens with one attached hydrogen (secondary N) is 1. The van der Waals surface area contributed by atoms with Crippen molar-refractivity contribution in [2.75, 3.05) is 0 Å². The van der Waals surface area contributed by atoms with Gasteiger partial charge in [-0.15, -0.1) is 0 Å². The van der Waals surface area contributed by atoms with Crippen molar-refractivity contribution in [3.8, 4) is 0 Å². The van der Waals surface area contributed by atoms with Gasteiger partial charge in [-0.2, -0.15) is 0 Å². The van der Waals surface area contributed by atoms with Crippen molar-refractivity contribution in [3.63, 3.8) is 0 Å². The summed E-state index contributed by atoms with van der Waals surface area (Å²) in [4.78, 5) is 20.8. The van der Waals surface area contributed by atoms with Crippen LogP contribution in [-0.2, 0) is 0 Å². The quantitative estimate of drug-likeness (QED) is 0.561. The normalized spacial score (nSPS) is 11.4. The van der Waals surface area contributed by atoms with Crippen LogP contribution in [0.5, 0.6) is 0 Å². The van der Waals surface area contributed by atoms with Gasteiger partial charge in [-0.25, -0.2) is 4.99 Å². The molecular weight excluding hydrogens is 312 g/mol. The Kier molecular flexibility index (Phi) is 4.21. The van der Waals surface area contributed by atoms with Crippen molar-refractivity contribution >= 4 is 40.1 Å². The molecule has 0 aliphatic carbocycles. The van der Waals surface area contributed by atoms with Crippen molar-refractivity contribution in [1.82, 2.24) is 10.3 Å². The molecule has 3 aromatic rings. The maximum Gasteiger partial charge on any atom is 0.258 e. The van der Waals surface area contributed by atoms with Gasteiger partial charge in [0.1, 0.15) is 0 Å². The number of halogens is 1. The van der Waals surface area contributed by atoms with Crippen molar-refractivity contribution in [2.24, 2.45) is 10.7 Å². The Morgan fingerprint density at radius 1 is 1.13 bits per heavy atom. The summed E-state index contributed by atoms with van der Waals surface area (Å²) in [7, 11) is 0. The Labute approximate surface area is 137 Å². The number of nitrogens with zero attached hydrogens (tertiary/aromatic N) is 2. The van der Waals surface area contributed by atoms with E-state index >= 15 is 0 Å². The van der Waals surface area contributed by atoms with Crippen LogP contribution in [0, 0.1) is 0 Å². The highest BCUT2D eigenvalue weighted by atomic mass is 35.5. The lowest BCUT2D eigenvalue weighted by atomic mass is 10.1. The number of amides is 1. The number of hydrogen-bond donors (Lipinski definition) is 2. The van der Waals surface area contributed by atoms with Gasteiger partial charge in [0.05, 0.1) is 16.8 Å². The maximum absolute atomic E-state index is 12.4. The van der Waals surface area contributed by atoms with Gasteiger partial charge in [-0.05, 0) is 30.3 Å². The molecule has 3 rings (SSSR count). The van der Waals surface area contributed by atoms with Crippen LogP contribution >= 0.6 is 11.6 Å². The van der Waals surface area contributed by atoms with E-state index in [2.05, 4.69) is 15.3 Å². The van der Waals surface area contributed by atoms with Gasteiger partial charge < -0.3 is 5.73 Å². The summed E-state index contributed by atoms with van der Waals surface area (Å²) in [5, 5.41) is 3.84. The number of pyridine rings is 1. The van der Waals surface area contributed by atoms with E-state index in [1.165, 1.54) is 0 Å². The first-order valence-electron chi connectivity index (χ1n) is 6.88. The molecule has 2 aromatic carbocycles. The van der Waals surface area contributed by atoms with Crippen LogP contribution in [-0.4, -0.2) is 16.9 Å². The molecule has 5 nitrogen and oxygen atoms in total. The predicted molar refractivity (Wildman–Crippen MR) is 91.9 cm³/mol. The largest absolute Gasteiger partial charge is 0.369 e. The fraction of sp³-hybridized carbons (Fsp3) is 0. The minimum absolute atomic E-state index is 0.0279. The number of para-hydroxylation sites is 1. The van der Waals surface area contributed by atoms with E-state index in [0.717, 1.165) is 0 Å². The molecule has 1 heterocycles. The highest BCUT2D eigenvalue weighted by Crippen LogP contribution is 2.20. The van der Waals surface area contributed by atoms with Crippen molar-refractivity contribution in [1.29, 1.82) is 0 Å². The van der Waals surface area contributed by atoms with Gasteiger partial charge in [0.15, 0.2) is 0 Å². The Balaban J connectivity index is 1.88. The van der Waals surface area contributed by atoms with E-state index in [1.807, 2.05) is 18.2 Å². The van der Waals surface area contributed by atoms with Gasteiger partial charge in [-0.1, -0.05) is 35.9 Å². The van der Waals surface area contributed by atoms with Crippen LogP contribution < -0.4 is 11.1 Å². The second kappa shape index (κ2) is 6.46. The Morgan fingerprint density at radius 2 is 1.91 bits per heavy atom. The van der Waals surface area contributed by atoms with Crippen LogP contribution in [0.1, 0.15) is 10.4 Å². The van der Waals surface area contributed by atoms with Crippen LogP contribution in [0.2, 0.25) is 5.02 Å². The van der Waals surface area contributed by atoms with E-state index in [4.69, 9.17) is 17.3 Å². The molecule has 0 atom stereocenters. The lowest BCUT2D eigenvalue weighted by molar-refractivity contribution is 0.0978. The number of benzene rings is 2. The van der Waals surface area contributed by atoms with Crippen LogP contribution in [0.15, 0.2) is 65.8 Å². The molecular formula is C17H13ClN4O. The molecule has 0 bridgehead atoms. The SMILES string of the molecule is NC(=Nc1ccccc1)NC(=O)c1ccnc2cc(Cl)ccc12. The standard InChI is InChI=1S/C17H13ClN4O/c18-11-6-7-13-14(8-9-20-15(13)10-11)16(23)22-17(19)21-12-4-2-1-3-5-12/h1-10H,(H3,19,21,22,23). The summed E-state index contributed by atoms with van der Waals surface area (Å²) in [6.45, 7) is 0. The molecule has 23 heavy (non-hydrogen) atoms. The minimum Gasteiger partial charge on any atom is -0.369 e. The average molecular weight is 325 g/mol. The first kappa shape index (κ1) is 15.0. The molecule has 6 heteroatoms. The fourth-order valence-electron chi connectivity index (χ4n) is 2.17. The number of carbonyl (C=O) groups is 1. The number of carbonyl (C=O) groups excluding carboxylic acids is 1. The smallest absolute Gasteiger partial charge is 0.258 e. The topological polar surface area (TPSA) is 80.4 Å². The number of fused-ring (bicyclic) bond motifs is 1. The lowest BCUT2D eigenvalue weighted by Crippen LogP contribution is -2.36. The first-order chi connectivity index (χ1) is 11.1. The van der Waals surface area contributed by atoms with Gasteiger partial charge >= 0.3 is 0 Å². The molecule has 0 radical (unpaired) electrons. The van der Waals surface area contributed by atoms with E-state index in [9.17, 15) is 4.79 Å². The van der Waals surface area contributed by atoms with Gasteiger partial charge in [0, 0.05) is 16.6 Å². The minimum atomic E-state index is -0.350. The number of rotatable bonds is 2. The van der Waals surface area contributed by atoms with Gasteiger partial charge in [-0.3, -0.25) is 15.1 Å². The number of nitrogens with two attached hydrogens (primary N) is 1. The molecule has 0 unspecified atom stereocenters. The second-order valence-corrected chi connectivity index (χ2v) is 5.24. The molecule has 0 aliphatic rings. The number of aliphatic imine (C=N–C) groups is 1. The first-order valence-corrected chi connectivity index (χ1v) is 7.26. The molecule has 0 spiro atoms. The lowest BCUT2D eigenvalue weighted by Gasteiger charge is -2.07. The highest BCUT2D eigenvalue weighted by Gasteiger charge is 2.11. The molecule has 1 amide bonds. The molecule has 1 aromatic heterocycles. The van der Waals surface area contributed by atoms with Crippen molar-refractivity contribution < 1.29 is 4.79 Å². The zero-order valence-electron chi connectivity index (χ0n) is 12.0. The summed E-state index contributed by atoms with van der Waals surface area (Å²) in [6.07, 6.45) is 1.55. The van der Waals surface area contributed by atoms with Gasteiger partial charge in [0.2, 0.25) is 5.96 Å². The third-order valence-corrected chi connectivity index (χ3v) is 3.43. The summed E-state index contributed by atoms with van der Waals surface area (Å²) < 4.78 is 0. The predicted octanol–water partition coefficient (Wildman–Crippen LogP) is 3.26. The zero-order valence-corrected chi connectivity index (χ0v) is 12.8. The molecule has 0 aliphatic heterocycles. The van der Waals surface area contributed by atoms with Crippen molar-refractivity contribution in [3.05, 3.63) is 71.4 Å². The van der Waals surface area contributed by atoms with Crippen LogP contribution in [0.4, 0.5) is 5.69 Å². The molecule has 114 valence electrons. The third-order valence-electron chi connectivity index (χ3n) is 3.20. The summed E-state index contributed by atoms with van der Waals surface area (Å²) in [5.41, 5.74) is 7.56. The number of aromatic nitrogens is 1. The Bertz CT molecular complexity index is 893. The fourth-order valence-corrected chi connectivity index (χ4v) is 2.34. The Morgan fingerprint density at radius 3 is 2.70 bits per heavy atom. The van der Waals surface area contributed by atoms with E-state index < -0.39 is 0 Å². The van der Waals surface area contributed by atoms with Crippen LogP contribution in [0.3, 0.4) is 0 Å². The average Bonchev–Trinajstić information content (AvgIpc) is 2.54. The number of hydrogen-bond acceptors (Lipinski definition) is 3. The number of guanidine groups is 1. The van der Waals surface area contributed by atoms with E-state index in [1.54, 1.807) is 42.6 Å². The monoisotopic (exact) mass is 324 g/mol. The van der Waals surface area contributed by atoms with E-state index in [0.29, 0.717) is 27.2 Å². The summed E-state index contributed by atoms with van der Waals surface area (Å²) >= 11 is 5.95. The molecule has 0 fully saturated rings. The highest BCUT2D eigenvalue weighted by molar-refractivity contribution is 6.31.